The molecule has 0 spiro atoms. The van der Waals surface area contributed by atoms with Crippen molar-refractivity contribution in [2.75, 3.05) is 25.6 Å². The smallest absolute Gasteiger partial charge is 0.251 e. The summed E-state index contributed by atoms with van der Waals surface area (Å²) in [5.74, 6) is -2.68. The van der Waals surface area contributed by atoms with Crippen LogP contribution < -0.4 is 10.6 Å². The SMILES string of the molecule is COCCNC(=O)c1ccc(Cl)c(NC(=O)CCc2cccc(F)c2F)c1. The van der Waals surface area contributed by atoms with Gasteiger partial charge in [-0.15, -0.1) is 0 Å². The highest BCUT2D eigenvalue weighted by atomic mass is 35.5. The lowest BCUT2D eigenvalue weighted by Gasteiger charge is -2.10. The van der Waals surface area contributed by atoms with E-state index in [1.807, 2.05) is 0 Å². The van der Waals surface area contributed by atoms with E-state index in [-0.39, 0.29) is 35.0 Å². The quantitative estimate of drug-likeness (QED) is 0.670. The first-order valence-corrected chi connectivity index (χ1v) is 8.59. The second-order valence-electron chi connectivity index (χ2n) is 5.70. The predicted molar refractivity (Wildman–Crippen MR) is 99.0 cm³/mol. The van der Waals surface area contributed by atoms with Crippen molar-refractivity contribution in [3.8, 4) is 0 Å². The van der Waals surface area contributed by atoms with Gasteiger partial charge in [0.2, 0.25) is 5.91 Å². The number of amides is 2. The zero-order chi connectivity index (χ0) is 19.8. The largest absolute Gasteiger partial charge is 0.383 e. The number of anilines is 1. The van der Waals surface area contributed by atoms with Crippen LogP contribution in [-0.4, -0.2) is 32.1 Å². The van der Waals surface area contributed by atoms with Crippen LogP contribution in [0.5, 0.6) is 0 Å². The Labute approximate surface area is 160 Å². The highest BCUT2D eigenvalue weighted by Crippen LogP contribution is 2.23. The van der Waals surface area contributed by atoms with E-state index in [9.17, 15) is 18.4 Å². The van der Waals surface area contributed by atoms with Gasteiger partial charge in [0.1, 0.15) is 0 Å². The molecule has 5 nitrogen and oxygen atoms in total. The van der Waals surface area contributed by atoms with E-state index in [0.29, 0.717) is 18.7 Å². The summed E-state index contributed by atoms with van der Waals surface area (Å²) in [7, 11) is 1.53. The van der Waals surface area contributed by atoms with Crippen molar-refractivity contribution >= 4 is 29.1 Å². The molecule has 0 aliphatic heterocycles. The fourth-order valence-corrected chi connectivity index (χ4v) is 2.50. The molecule has 27 heavy (non-hydrogen) atoms. The van der Waals surface area contributed by atoms with E-state index in [1.165, 1.54) is 37.4 Å². The maximum atomic E-state index is 13.6. The highest BCUT2D eigenvalue weighted by molar-refractivity contribution is 6.33. The molecule has 144 valence electrons. The molecule has 2 amide bonds. The normalized spacial score (nSPS) is 10.5. The van der Waals surface area contributed by atoms with Crippen LogP contribution in [0.3, 0.4) is 0 Å². The lowest BCUT2D eigenvalue weighted by Crippen LogP contribution is -2.27. The Morgan fingerprint density at radius 2 is 1.96 bits per heavy atom. The Balaban J connectivity index is 1.99. The lowest BCUT2D eigenvalue weighted by molar-refractivity contribution is -0.116. The number of benzene rings is 2. The number of rotatable bonds is 8. The number of hydrogen-bond acceptors (Lipinski definition) is 3. The number of halogens is 3. The Morgan fingerprint density at radius 3 is 2.70 bits per heavy atom. The molecule has 2 aromatic carbocycles. The van der Waals surface area contributed by atoms with Gasteiger partial charge in [0.25, 0.3) is 5.91 Å². The van der Waals surface area contributed by atoms with Gasteiger partial charge in [-0.2, -0.15) is 0 Å². The molecule has 0 heterocycles. The van der Waals surface area contributed by atoms with Crippen molar-refractivity contribution in [3.63, 3.8) is 0 Å². The molecule has 2 N–H and O–H groups in total. The highest BCUT2D eigenvalue weighted by Gasteiger charge is 2.13. The van der Waals surface area contributed by atoms with Crippen molar-refractivity contribution in [1.82, 2.24) is 5.32 Å². The number of carbonyl (C=O) groups is 2. The van der Waals surface area contributed by atoms with Crippen LogP contribution in [0.15, 0.2) is 36.4 Å². The minimum absolute atomic E-state index is 0.0320. The lowest BCUT2D eigenvalue weighted by atomic mass is 10.1. The molecule has 0 saturated carbocycles. The average molecular weight is 397 g/mol. The number of ether oxygens (including phenoxy) is 1. The van der Waals surface area contributed by atoms with Gasteiger partial charge in [-0.05, 0) is 36.2 Å². The fraction of sp³-hybridized carbons (Fsp3) is 0.263. The number of nitrogens with one attached hydrogen (secondary N) is 2. The number of hydrogen-bond donors (Lipinski definition) is 2. The molecule has 8 heteroatoms. The second-order valence-corrected chi connectivity index (χ2v) is 6.11. The van der Waals surface area contributed by atoms with Gasteiger partial charge in [-0.1, -0.05) is 23.7 Å². The predicted octanol–water partition coefficient (Wildman–Crippen LogP) is 3.57. The molecule has 0 saturated heterocycles. The molecule has 2 aromatic rings. The average Bonchev–Trinajstić information content (AvgIpc) is 2.65. The van der Waals surface area contributed by atoms with Gasteiger partial charge < -0.3 is 15.4 Å². The summed E-state index contributed by atoms with van der Waals surface area (Å²) in [5, 5.41) is 5.50. The Bertz CT molecular complexity index is 831. The molecule has 2 rings (SSSR count). The van der Waals surface area contributed by atoms with Crippen LogP contribution in [0, 0.1) is 11.6 Å². The minimum atomic E-state index is -0.960. The first-order valence-electron chi connectivity index (χ1n) is 8.21. The van der Waals surface area contributed by atoms with E-state index in [2.05, 4.69) is 10.6 Å². The van der Waals surface area contributed by atoms with Gasteiger partial charge in [0, 0.05) is 25.6 Å². The van der Waals surface area contributed by atoms with Crippen molar-refractivity contribution in [3.05, 3.63) is 64.2 Å². The van der Waals surface area contributed by atoms with E-state index < -0.39 is 17.5 Å². The maximum Gasteiger partial charge on any atom is 0.251 e. The third kappa shape index (κ3) is 6.01. The van der Waals surface area contributed by atoms with E-state index in [0.717, 1.165) is 6.07 Å². The molecule has 0 atom stereocenters. The van der Waals surface area contributed by atoms with Gasteiger partial charge in [0.15, 0.2) is 11.6 Å². The third-order valence-electron chi connectivity index (χ3n) is 3.75. The Morgan fingerprint density at radius 1 is 1.19 bits per heavy atom. The molecular formula is C19H19ClF2N2O3. The monoisotopic (exact) mass is 396 g/mol. The Hall–Kier alpha value is -2.51. The molecule has 0 radical (unpaired) electrons. The summed E-state index contributed by atoms with van der Waals surface area (Å²) < 4.78 is 31.7. The first-order chi connectivity index (χ1) is 12.9. The summed E-state index contributed by atoms with van der Waals surface area (Å²) in [6.07, 6.45) is -0.0365. The molecule has 0 aromatic heterocycles. The summed E-state index contributed by atoms with van der Waals surface area (Å²) in [6, 6.07) is 8.29. The van der Waals surface area contributed by atoms with Crippen molar-refractivity contribution < 1.29 is 23.1 Å². The zero-order valence-electron chi connectivity index (χ0n) is 14.7. The third-order valence-corrected chi connectivity index (χ3v) is 4.08. The number of carbonyl (C=O) groups excluding carboxylic acids is 2. The van der Waals surface area contributed by atoms with Crippen LogP contribution in [0.2, 0.25) is 5.02 Å². The van der Waals surface area contributed by atoms with Crippen molar-refractivity contribution in [2.45, 2.75) is 12.8 Å². The van der Waals surface area contributed by atoms with Crippen LogP contribution in [-0.2, 0) is 16.0 Å². The summed E-state index contributed by atoms with van der Waals surface area (Å²) in [4.78, 5) is 24.2. The van der Waals surface area contributed by atoms with E-state index in [1.54, 1.807) is 0 Å². The second kappa shape index (κ2) is 9.99. The van der Waals surface area contributed by atoms with Gasteiger partial charge >= 0.3 is 0 Å². The zero-order valence-corrected chi connectivity index (χ0v) is 15.4. The van der Waals surface area contributed by atoms with Gasteiger partial charge in [-0.25, -0.2) is 8.78 Å². The Kier molecular flexibility index (Phi) is 7.69. The van der Waals surface area contributed by atoms with Gasteiger partial charge in [0.05, 0.1) is 17.3 Å². The number of aryl methyl sites for hydroxylation is 1. The first kappa shape index (κ1) is 20.8. The summed E-state index contributed by atoms with van der Waals surface area (Å²) >= 11 is 6.06. The maximum absolute atomic E-state index is 13.6. The van der Waals surface area contributed by atoms with Crippen LogP contribution in [0.25, 0.3) is 0 Å². The van der Waals surface area contributed by atoms with Gasteiger partial charge in [-0.3, -0.25) is 9.59 Å². The summed E-state index contributed by atoms with van der Waals surface area (Å²) in [6.45, 7) is 0.721. The summed E-state index contributed by atoms with van der Waals surface area (Å²) in [5.41, 5.74) is 0.699. The standard InChI is InChI=1S/C19H19ClF2N2O3/c1-27-10-9-23-19(26)13-5-7-14(20)16(11-13)24-17(25)8-6-12-3-2-4-15(21)18(12)22/h2-5,7,11H,6,8-10H2,1H3,(H,23,26)(H,24,25). The van der Waals surface area contributed by atoms with Crippen molar-refractivity contribution in [1.29, 1.82) is 0 Å². The number of methoxy groups -OCH3 is 1. The van der Waals surface area contributed by atoms with Crippen LogP contribution in [0.4, 0.5) is 14.5 Å². The fourth-order valence-electron chi connectivity index (χ4n) is 2.33. The molecule has 0 unspecified atom stereocenters. The van der Waals surface area contributed by atoms with Crippen molar-refractivity contribution in [2.24, 2.45) is 0 Å². The minimum Gasteiger partial charge on any atom is -0.383 e. The van der Waals surface area contributed by atoms with E-state index in [4.69, 9.17) is 16.3 Å². The molecular weight excluding hydrogens is 378 g/mol. The molecule has 0 aliphatic carbocycles. The van der Waals surface area contributed by atoms with Crippen LogP contribution >= 0.6 is 11.6 Å². The molecule has 0 bridgehead atoms. The topological polar surface area (TPSA) is 67.4 Å². The van der Waals surface area contributed by atoms with E-state index >= 15 is 0 Å². The molecule has 0 aliphatic rings. The molecule has 0 fully saturated rings. The van der Waals surface area contributed by atoms with Crippen LogP contribution in [0.1, 0.15) is 22.3 Å².